The number of carbonyl (C=O) groups is 8. The minimum Gasteiger partial charge on any atom is -0.365 e. The van der Waals surface area contributed by atoms with Crippen LogP contribution in [0.3, 0.4) is 0 Å². The maximum absolute atomic E-state index is 13.1. The van der Waals surface area contributed by atoms with Gasteiger partial charge in [0.05, 0.1) is 6.04 Å². The Morgan fingerprint density at radius 1 is 0.739 bits per heavy atom. The van der Waals surface area contributed by atoms with Crippen molar-refractivity contribution in [1.82, 2.24) is 37.2 Å². The third kappa shape index (κ3) is 13.3. The molecule has 0 aromatic carbocycles. The Morgan fingerprint density at radius 3 is 1.89 bits per heavy atom. The largest absolute Gasteiger partial charge is 0.365 e. The summed E-state index contributed by atoms with van der Waals surface area (Å²) in [5.41, 5.74) is 16.0. The van der Waals surface area contributed by atoms with E-state index >= 15 is 0 Å². The molecule has 1 aliphatic heterocycles. The van der Waals surface area contributed by atoms with E-state index in [9.17, 15) is 48.6 Å². The van der Waals surface area contributed by atoms with Gasteiger partial charge in [-0.3, -0.25) is 43.7 Å². The van der Waals surface area contributed by atoms with E-state index < -0.39 is 83.6 Å². The number of rotatable bonds is 8. The number of nitrogens with one attached hydrogen (secondary N) is 7. The molecule has 0 radical (unpaired) electrons. The summed E-state index contributed by atoms with van der Waals surface area (Å²) in [7, 11) is 0. The van der Waals surface area contributed by atoms with Crippen LogP contribution in [0.1, 0.15) is 39.5 Å². The molecule has 21 nitrogen and oxygen atoms in total. The molecule has 0 aromatic heterocycles. The van der Waals surface area contributed by atoms with Crippen LogP contribution in [0.15, 0.2) is 4.99 Å². The highest BCUT2D eigenvalue weighted by atomic mass is 16.3. The fraction of sp³-hybridized carbons (Fsp3) is 0.640. The Hall–Kier alpha value is -4.41. The monoisotopic (exact) mass is 657 g/mol. The minimum absolute atomic E-state index is 0.0972. The van der Waals surface area contributed by atoms with Gasteiger partial charge in [0.25, 0.3) is 17.7 Å². The van der Waals surface area contributed by atoms with Crippen LogP contribution in [-0.4, -0.2) is 126 Å². The smallest absolute Gasteiger partial charge is 0.315 e. The molecule has 0 saturated heterocycles. The minimum atomic E-state index is -2.41. The molecule has 0 spiro atoms. The first-order chi connectivity index (χ1) is 21.6. The first-order valence-electron chi connectivity index (χ1n) is 14.3. The van der Waals surface area contributed by atoms with Crippen LogP contribution in [0.5, 0.6) is 0 Å². The maximum Gasteiger partial charge on any atom is 0.315 e. The van der Waals surface area contributed by atoms with Crippen LogP contribution in [0, 0.1) is 0 Å². The van der Waals surface area contributed by atoms with E-state index in [4.69, 9.17) is 17.2 Å². The number of carbonyl (C=O) groups excluding carboxylic acids is 8. The first kappa shape index (κ1) is 39.6. The summed E-state index contributed by atoms with van der Waals surface area (Å²) in [4.78, 5) is 105. The summed E-state index contributed by atoms with van der Waals surface area (Å²) in [6.07, 6.45) is -5.55. The van der Waals surface area contributed by atoms with Crippen LogP contribution < -0.4 is 54.4 Å². The van der Waals surface area contributed by atoms with Crippen molar-refractivity contribution in [3.63, 3.8) is 0 Å². The summed E-state index contributed by atoms with van der Waals surface area (Å²) in [6.45, 7) is 2.68. The summed E-state index contributed by atoms with van der Waals surface area (Å²) < 4.78 is 0. The van der Waals surface area contributed by atoms with E-state index in [0.29, 0.717) is 0 Å². The maximum atomic E-state index is 13.1. The zero-order chi connectivity index (χ0) is 35.0. The molecule has 8 amide bonds. The Labute approximate surface area is 263 Å². The summed E-state index contributed by atoms with van der Waals surface area (Å²) in [5.74, 6) is -9.62. The predicted octanol–water partition coefficient (Wildman–Crippen LogP) is -7.63. The molecule has 0 saturated carbocycles. The molecule has 1 rings (SSSR count). The number of hydrogen-bond donors (Lipinski definition) is 12. The third-order valence-electron chi connectivity index (χ3n) is 6.11. The number of nitrogens with two attached hydrogens (primary N) is 3. The number of hydrogen-bond acceptors (Lipinski definition) is 14. The second kappa shape index (κ2) is 19.9. The van der Waals surface area contributed by atoms with Crippen molar-refractivity contribution in [2.45, 2.75) is 76.2 Å². The Kier molecular flexibility index (Phi) is 17.1. The Balaban J connectivity index is 3.43. The molecule has 0 unspecified atom stereocenters. The molecule has 0 fully saturated rings. The van der Waals surface area contributed by atoms with Crippen molar-refractivity contribution in [2.75, 3.05) is 26.2 Å². The van der Waals surface area contributed by atoms with Crippen LogP contribution in [0.4, 0.5) is 0 Å². The quantitative estimate of drug-likeness (QED) is 0.0852. The summed E-state index contributed by atoms with van der Waals surface area (Å²) >= 11 is 0. The van der Waals surface area contributed by atoms with Crippen LogP contribution in [0.25, 0.3) is 0 Å². The molecule has 1 heterocycles. The molecule has 15 N–H and O–H groups in total. The molecule has 1 aliphatic rings. The van der Waals surface area contributed by atoms with Gasteiger partial charge >= 0.3 is 11.8 Å². The van der Waals surface area contributed by atoms with Gasteiger partial charge in [0.1, 0.15) is 17.8 Å². The van der Waals surface area contributed by atoms with Gasteiger partial charge < -0.3 is 59.3 Å². The highest BCUT2D eigenvalue weighted by Crippen LogP contribution is 2.01. The molecular weight excluding hydrogens is 614 g/mol. The second-order valence-electron chi connectivity index (χ2n) is 10.2. The fourth-order valence-corrected chi connectivity index (χ4v) is 3.87. The van der Waals surface area contributed by atoms with Crippen molar-refractivity contribution in [3.05, 3.63) is 0 Å². The Bertz CT molecular complexity index is 1180. The van der Waals surface area contributed by atoms with E-state index in [2.05, 4.69) is 26.3 Å². The number of aliphatic hydroxyl groups excluding tert-OH is 2. The average molecular weight is 658 g/mol. The molecule has 258 valence electrons. The lowest BCUT2D eigenvalue weighted by Gasteiger charge is -2.25. The molecular formula is C25H43N11O10. The van der Waals surface area contributed by atoms with E-state index in [1.165, 1.54) is 0 Å². The number of imide groups is 1. The highest BCUT2D eigenvalue weighted by molar-refractivity contribution is 6.41. The number of aliphatic imine (C=N–C) groups is 1. The van der Waals surface area contributed by atoms with Crippen LogP contribution >= 0.6 is 0 Å². The van der Waals surface area contributed by atoms with Crippen LogP contribution in [-0.2, 0) is 38.4 Å². The predicted molar refractivity (Wildman–Crippen MR) is 158 cm³/mol. The van der Waals surface area contributed by atoms with Crippen molar-refractivity contribution in [1.29, 1.82) is 0 Å². The van der Waals surface area contributed by atoms with Gasteiger partial charge in [-0.2, -0.15) is 0 Å². The van der Waals surface area contributed by atoms with Gasteiger partial charge in [0.15, 0.2) is 0 Å². The molecule has 0 aromatic rings. The third-order valence-corrected chi connectivity index (χ3v) is 6.11. The highest BCUT2D eigenvalue weighted by Gasteiger charge is 2.31. The van der Waals surface area contributed by atoms with E-state index in [0.717, 1.165) is 0 Å². The first-order valence-corrected chi connectivity index (χ1v) is 14.3. The van der Waals surface area contributed by atoms with E-state index in [1.54, 1.807) is 19.2 Å². The molecule has 21 heteroatoms. The lowest BCUT2D eigenvalue weighted by atomic mass is 10.1. The molecule has 5 atom stereocenters. The SMILES string of the molecule is CC(C)N[C@H]1CCNC(=O)C(=O)NC(=O)[C@H](CCN)NC(=O)C(CCN)=NC(=O)[C@H](O)NC(=O)[C@@H](O)NC(=O)[C@H](CCN)NC1=O. The summed E-state index contributed by atoms with van der Waals surface area (Å²) in [5, 5.41) is 35.6. The molecule has 0 aliphatic carbocycles. The zero-order valence-corrected chi connectivity index (χ0v) is 25.5. The lowest BCUT2D eigenvalue weighted by molar-refractivity contribution is -0.143. The topological polar surface area (TPSA) is 352 Å². The number of amides is 8. The molecule has 0 bridgehead atoms. The number of aliphatic hydroxyl groups is 2. The van der Waals surface area contributed by atoms with Gasteiger partial charge in [0.2, 0.25) is 30.2 Å². The van der Waals surface area contributed by atoms with Crippen molar-refractivity contribution < 1.29 is 48.6 Å². The van der Waals surface area contributed by atoms with Crippen molar-refractivity contribution >= 4 is 53.0 Å². The zero-order valence-electron chi connectivity index (χ0n) is 25.5. The Morgan fingerprint density at radius 2 is 1.33 bits per heavy atom. The fourth-order valence-electron chi connectivity index (χ4n) is 3.87. The van der Waals surface area contributed by atoms with Gasteiger partial charge in [0, 0.05) is 19.0 Å². The van der Waals surface area contributed by atoms with Gasteiger partial charge in [-0.25, -0.2) is 4.99 Å². The molecule has 46 heavy (non-hydrogen) atoms. The van der Waals surface area contributed by atoms with Gasteiger partial charge in [-0.05, 0) is 38.9 Å². The van der Waals surface area contributed by atoms with E-state index in [1.807, 2.05) is 10.6 Å². The lowest BCUT2D eigenvalue weighted by Crippen LogP contribution is -2.58. The van der Waals surface area contributed by atoms with Crippen molar-refractivity contribution in [3.8, 4) is 0 Å². The van der Waals surface area contributed by atoms with Crippen molar-refractivity contribution in [2.24, 2.45) is 22.2 Å². The average Bonchev–Trinajstić information content (AvgIpc) is 2.98. The second-order valence-corrected chi connectivity index (χ2v) is 10.2. The standard InChI is InChI=1S/C25H43N11O10/c1-11(2)30-15-6-10-29-20(41)21(42)34-18(39)13(4-8-27)31-16(37)12(3-7-26)33-22(43)23(44)36-25(46)24(45)35-19(40)14(5-9-28)32-17(15)38/h11,13-15,23-24,30,44-45H,3-10,26-28H2,1-2H3,(H,29,41)(H,31,37)(H,32,38)(H,35,40)(H,36,46)(H,34,39,42)/t13-,14-,15-,23-,24+/m0/s1. The number of nitrogens with zero attached hydrogens (tertiary/aromatic N) is 1. The summed E-state index contributed by atoms with van der Waals surface area (Å²) in [6, 6.07) is -4.14. The van der Waals surface area contributed by atoms with Crippen LogP contribution in [0.2, 0.25) is 0 Å². The van der Waals surface area contributed by atoms with Gasteiger partial charge in [-0.15, -0.1) is 0 Å². The normalized spacial score (nSPS) is 25.5. The van der Waals surface area contributed by atoms with E-state index in [-0.39, 0.29) is 57.9 Å². The van der Waals surface area contributed by atoms with Gasteiger partial charge in [-0.1, -0.05) is 13.8 Å².